The first kappa shape index (κ1) is 35.2. The van der Waals surface area contributed by atoms with Crippen molar-refractivity contribution in [2.75, 3.05) is 38.0 Å². The summed E-state index contributed by atoms with van der Waals surface area (Å²) in [4.78, 5) is 4.31. The minimum atomic E-state index is 1.10. The fourth-order valence-corrected chi connectivity index (χ4v) is 6.35. The SMILES string of the molecule is Cc1c[n+](CCCCCCCCCC[n+]2ccc(CCc3ccc(N(C)C)cc3)c(C)c2)ccc1CCc1ccc(N(C)C)cc1. The van der Waals surface area contributed by atoms with Crippen molar-refractivity contribution in [2.45, 2.75) is 104 Å². The molecule has 0 bridgehead atoms. The molecule has 0 amide bonds. The van der Waals surface area contributed by atoms with Crippen molar-refractivity contribution in [3.63, 3.8) is 0 Å². The molecule has 0 aliphatic rings. The third-order valence-electron chi connectivity index (χ3n) is 9.52. The summed E-state index contributed by atoms with van der Waals surface area (Å²) in [7, 11) is 8.37. The van der Waals surface area contributed by atoms with Crippen molar-refractivity contribution in [1.82, 2.24) is 0 Å². The summed E-state index contributed by atoms with van der Waals surface area (Å²) in [5.41, 5.74) is 11.1. The molecular weight excluding hydrogens is 560 g/mol. The molecule has 46 heavy (non-hydrogen) atoms. The number of hydrogen-bond donors (Lipinski definition) is 0. The molecule has 4 rings (SSSR count). The van der Waals surface area contributed by atoms with Crippen LogP contribution in [0.5, 0.6) is 0 Å². The minimum Gasteiger partial charge on any atom is -0.378 e. The number of hydrogen-bond acceptors (Lipinski definition) is 2. The second kappa shape index (κ2) is 18.5. The predicted octanol–water partition coefficient (Wildman–Crippen LogP) is 8.40. The van der Waals surface area contributed by atoms with E-state index >= 15 is 0 Å². The number of unbranched alkanes of at least 4 members (excludes halogenated alkanes) is 7. The van der Waals surface area contributed by atoms with Crippen LogP contribution in [0.1, 0.15) is 84.7 Å². The number of pyridine rings is 2. The quantitative estimate of drug-likeness (QED) is 0.0772. The number of rotatable bonds is 19. The third kappa shape index (κ3) is 11.6. The molecule has 2 aromatic heterocycles. The van der Waals surface area contributed by atoms with Crippen molar-refractivity contribution < 1.29 is 9.13 Å². The van der Waals surface area contributed by atoms with Crippen LogP contribution < -0.4 is 18.9 Å². The Bertz CT molecular complexity index is 1340. The van der Waals surface area contributed by atoms with Crippen LogP contribution in [0.25, 0.3) is 0 Å². The lowest BCUT2D eigenvalue weighted by Crippen LogP contribution is -2.33. The Kier molecular flexibility index (Phi) is 14.1. The Morgan fingerprint density at radius 1 is 0.435 bits per heavy atom. The van der Waals surface area contributed by atoms with Gasteiger partial charge in [-0.1, -0.05) is 49.9 Å². The van der Waals surface area contributed by atoms with Gasteiger partial charge in [0.25, 0.3) is 0 Å². The standard InChI is InChI=1S/C42H60N4/c1-35-33-45(31-27-39(35)21-15-37-17-23-41(24-18-37)43(3)4)29-13-11-9-7-8-10-12-14-30-46-32-28-40(36(2)34-46)22-16-38-19-25-42(26-20-38)44(5)6/h17-20,23-28,31-34H,7-16,21-22,29-30H2,1-6H3/q+2. The second-order valence-corrected chi connectivity index (χ2v) is 13.7. The van der Waals surface area contributed by atoms with E-state index < -0.39 is 0 Å². The highest BCUT2D eigenvalue weighted by Crippen LogP contribution is 2.17. The van der Waals surface area contributed by atoms with Crippen LogP contribution in [0.4, 0.5) is 11.4 Å². The maximum atomic E-state index is 2.39. The number of aryl methyl sites for hydroxylation is 8. The fourth-order valence-electron chi connectivity index (χ4n) is 6.35. The van der Waals surface area contributed by atoms with Gasteiger partial charge in [0.2, 0.25) is 0 Å². The Morgan fingerprint density at radius 2 is 0.783 bits per heavy atom. The lowest BCUT2D eigenvalue weighted by atomic mass is 10.0. The van der Waals surface area contributed by atoms with Gasteiger partial charge < -0.3 is 9.80 Å². The van der Waals surface area contributed by atoms with Gasteiger partial charge in [-0.25, -0.2) is 9.13 Å². The van der Waals surface area contributed by atoms with Crippen LogP contribution in [0.15, 0.2) is 85.5 Å². The number of anilines is 2. The van der Waals surface area contributed by atoms with Crippen molar-refractivity contribution in [3.05, 3.63) is 119 Å². The summed E-state index contributed by atoms with van der Waals surface area (Å²) in [5, 5.41) is 0. The third-order valence-corrected chi connectivity index (χ3v) is 9.52. The van der Waals surface area contributed by atoms with Crippen LogP contribution in [-0.2, 0) is 38.8 Å². The molecule has 0 radical (unpaired) electrons. The summed E-state index contributed by atoms with van der Waals surface area (Å²) in [5.74, 6) is 0. The molecule has 0 spiro atoms. The molecular formula is C42H60N4+2. The van der Waals surface area contributed by atoms with Gasteiger partial charge in [0.15, 0.2) is 24.8 Å². The van der Waals surface area contributed by atoms with Crippen molar-refractivity contribution >= 4 is 11.4 Å². The second-order valence-electron chi connectivity index (χ2n) is 13.7. The molecule has 246 valence electrons. The van der Waals surface area contributed by atoms with Gasteiger partial charge in [0.1, 0.15) is 13.1 Å². The zero-order chi connectivity index (χ0) is 32.7. The maximum Gasteiger partial charge on any atom is 0.171 e. The Morgan fingerprint density at radius 3 is 1.11 bits per heavy atom. The molecule has 0 N–H and O–H groups in total. The van der Waals surface area contributed by atoms with Gasteiger partial charge in [-0.2, -0.15) is 0 Å². The molecule has 4 heteroatoms. The molecule has 0 aliphatic carbocycles. The van der Waals surface area contributed by atoms with E-state index in [1.54, 1.807) is 0 Å². The van der Waals surface area contributed by atoms with Crippen LogP contribution in [0, 0.1) is 13.8 Å². The molecule has 4 nitrogen and oxygen atoms in total. The highest BCUT2D eigenvalue weighted by Gasteiger charge is 2.09. The van der Waals surface area contributed by atoms with Gasteiger partial charge in [0, 0.05) is 75.7 Å². The van der Waals surface area contributed by atoms with Gasteiger partial charge in [0.05, 0.1) is 0 Å². The van der Waals surface area contributed by atoms with Crippen molar-refractivity contribution in [2.24, 2.45) is 0 Å². The highest BCUT2D eigenvalue weighted by molar-refractivity contribution is 5.47. The van der Waals surface area contributed by atoms with Gasteiger partial charge >= 0.3 is 0 Å². The minimum absolute atomic E-state index is 1.10. The van der Waals surface area contributed by atoms with E-state index in [4.69, 9.17) is 0 Å². The number of nitrogens with zero attached hydrogens (tertiary/aromatic N) is 4. The van der Waals surface area contributed by atoms with E-state index in [1.165, 1.54) is 96.1 Å². The highest BCUT2D eigenvalue weighted by atomic mass is 15.1. The molecule has 0 fully saturated rings. The van der Waals surface area contributed by atoms with Gasteiger partial charge in [-0.05, 0) is 98.9 Å². The summed E-state index contributed by atoms with van der Waals surface area (Å²) in [6.45, 7) is 6.80. The molecule has 4 aromatic rings. The van der Waals surface area contributed by atoms with E-state index in [0.29, 0.717) is 0 Å². The molecule has 0 saturated carbocycles. The summed E-state index contributed by atoms with van der Waals surface area (Å²) in [6, 6.07) is 22.6. The Hall–Kier alpha value is -3.66. The maximum absolute atomic E-state index is 2.39. The van der Waals surface area contributed by atoms with Crippen molar-refractivity contribution in [3.8, 4) is 0 Å². The first-order valence-corrected chi connectivity index (χ1v) is 17.8. The monoisotopic (exact) mass is 620 g/mol. The first-order chi connectivity index (χ1) is 22.3. The van der Waals surface area contributed by atoms with Crippen molar-refractivity contribution in [1.29, 1.82) is 0 Å². The van der Waals surface area contributed by atoms with E-state index in [9.17, 15) is 0 Å². The average Bonchev–Trinajstić information content (AvgIpc) is 3.05. The largest absolute Gasteiger partial charge is 0.378 e. The lowest BCUT2D eigenvalue weighted by molar-refractivity contribution is -0.697. The molecule has 2 heterocycles. The molecule has 0 aliphatic heterocycles. The summed E-state index contributed by atoms with van der Waals surface area (Å²) < 4.78 is 4.78. The number of aromatic nitrogens is 2. The number of benzene rings is 2. The Labute approximate surface area is 280 Å². The molecule has 0 unspecified atom stereocenters. The van der Waals surface area contributed by atoms with E-state index in [-0.39, 0.29) is 0 Å². The first-order valence-electron chi connectivity index (χ1n) is 17.8. The van der Waals surface area contributed by atoms with Gasteiger partial charge in [-0.15, -0.1) is 0 Å². The fraction of sp³-hybridized carbons (Fsp3) is 0.476. The summed E-state index contributed by atoms with van der Waals surface area (Å²) >= 11 is 0. The molecule has 2 aromatic carbocycles. The van der Waals surface area contributed by atoms with E-state index in [1.807, 2.05) is 0 Å². The normalized spacial score (nSPS) is 11.2. The lowest BCUT2D eigenvalue weighted by Gasteiger charge is -2.12. The van der Waals surface area contributed by atoms with E-state index in [0.717, 1.165) is 38.8 Å². The molecule has 0 atom stereocenters. The molecule has 0 saturated heterocycles. The van der Waals surface area contributed by atoms with Crippen LogP contribution in [-0.4, -0.2) is 28.2 Å². The average molecular weight is 621 g/mol. The zero-order valence-electron chi connectivity index (χ0n) is 29.8. The smallest absolute Gasteiger partial charge is 0.171 e. The topological polar surface area (TPSA) is 14.2 Å². The van der Waals surface area contributed by atoms with Crippen LogP contribution >= 0.6 is 0 Å². The van der Waals surface area contributed by atoms with Crippen LogP contribution in [0.3, 0.4) is 0 Å². The Balaban J connectivity index is 1.03. The van der Waals surface area contributed by atoms with E-state index in [2.05, 4.69) is 146 Å². The summed E-state index contributed by atoms with van der Waals surface area (Å²) in [6.07, 6.45) is 24.4. The predicted molar refractivity (Wildman–Crippen MR) is 196 cm³/mol. The zero-order valence-corrected chi connectivity index (χ0v) is 29.8. The van der Waals surface area contributed by atoms with Gasteiger partial charge in [-0.3, -0.25) is 0 Å². The van der Waals surface area contributed by atoms with Crippen LogP contribution in [0.2, 0.25) is 0 Å².